The predicted molar refractivity (Wildman–Crippen MR) is 70.1 cm³/mol. The Morgan fingerprint density at radius 2 is 2.31 bits per heavy atom. The molecule has 1 N–H and O–H groups in total. The first-order valence-corrected chi connectivity index (χ1v) is 6.53. The summed E-state index contributed by atoms with van der Waals surface area (Å²) < 4.78 is 6.49. The smallest absolute Gasteiger partial charge is 0.133 e. The van der Waals surface area contributed by atoms with Gasteiger partial charge in [0.2, 0.25) is 0 Å². The fourth-order valence-corrected chi connectivity index (χ4v) is 2.86. The summed E-state index contributed by atoms with van der Waals surface area (Å²) >= 11 is 3.64. The van der Waals surface area contributed by atoms with E-state index in [0.29, 0.717) is 0 Å². The summed E-state index contributed by atoms with van der Waals surface area (Å²) in [5, 5.41) is 3.41. The molecule has 1 aromatic carbocycles. The summed E-state index contributed by atoms with van der Waals surface area (Å²) in [7, 11) is 1.72. The van der Waals surface area contributed by atoms with Crippen LogP contribution in [0.15, 0.2) is 16.6 Å². The maximum Gasteiger partial charge on any atom is 0.133 e. The summed E-state index contributed by atoms with van der Waals surface area (Å²) in [5.41, 5.74) is 2.63. The van der Waals surface area contributed by atoms with Crippen LogP contribution in [0.2, 0.25) is 0 Å². The Morgan fingerprint density at radius 3 is 2.94 bits per heavy atom. The number of hydrogen-bond acceptors (Lipinski definition) is 2. The predicted octanol–water partition coefficient (Wildman–Crippen LogP) is 2.92. The van der Waals surface area contributed by atoms with Gasteiger partial charge in [-0.05, 0) is 71.9 Å². The molecule has 2 nitrogen and oxygen atoms in total. The average molecular weight is 284 g/mol. The van der Waals surface area contributed by atoms with E-state index in [-0.39, 0.29) is 0 Å². The van der Waals surface area contributed by atoms with Gasteiger partial charge in [-0.15, -0.1) is 0 Å². The Morgan fingerprint density at radius 1 is 1.50 bits per heavy atom. The van der Waals surface area contributed by atoms with Crippen LogP contribution in [0.25, 0.3) is 0 Å². The van der Waals surface area contributed by atoms with E-state index >= 15 is 0 Å². The van der Waals surface area contributed by atoms with Crippen molar-refractivity contribution < 1.29 is 4.74 Å². The van der Waals surface area contributed by atoms with Crippen LogP contribution in [0.3, 0.4) is 0 Å². The molecule has 1 saturated heterocycles. The zero-order chi connectivity index (χ0) is 11.5. The van der Waals surface area contributed by atoms with Crippen LogP contribution >= 0.6 is 15.9 Å². The molecule has 0 radical (unpaired) electrons. The number of aryl methyl sites for hydroxylation is 1. The lowest BCUT2D eigenvalue weighted by Crippen LogP contribution is -2.11. The minimum absolute atomic E-state index is 0.766. The highest BCUT2D eigenvalue weighted by atomic mass is 79.9. The molecule has 1 aliphatic rings. The number of methoxy groups -OCH3 is 1. The van der Waals surface area contributed by atoms with Gasteiger partial charge in [0.15, 0.2) is 0 Å². The molecule has 1 unspecified atom stereocenters. The SMILES string of the molecule is COc1cc(C)cc(CC2CCNC2)c1Br. The zero-order valence-electron chi connectivity index (χ0n) is 9.85. The Kier molecular flexibility index (Phi) is 3.87. The van der Waals surface area contributed by atoms with Crippen molar-refractivity contribution in [2.24, 2.45) is 5.92 Å². The summed E-state index contributed by atoms with van der Waals surface area (Å²) in [6.45, 7) is 4.42. The Balaban J connectivity index is 2.21. The topological polar surface area (TPSA) is 21.3 Å². The minimum atomic E-state index is 0.766. The summed E-state index contributed by atoms with van der Waals surface area (Å²) in [5.74, 6) is 1.71. The van der Waals surface area contributed by atoms with Crippen molar-refractivity contribution in [1.82, 2.24) is 5.32 Å². The van der Waals surface area contributed by atoms with Crippen LogP contribution in [0.4, 0.5) is 0 Å². The molecule has 1 aliphatic heterocycles. The van der Waals surface area contributed by atoms with Crippen LogP contribution in [0.5, 0.6) is 5.75 Å². The summed E-state index contributed by atoms with van der Waals surface area (Å²) in [4.78, 5) is 0. The quantitative estimate of drug-likeness (QED) is 0.921. The molecular weight excluding hydrogens is 266 g/mol. The maximum atomic E-state index is 5.37. The van der Waals surface area contributed by atoms with Crippen molar-refractivity contribution in [1.29, 1.82) is 0 Å². The number of hydrogen-bond donors (Lipinski definition) is 1. The third-order valence-corrected chi connectivity index (χ3v) is 4.05. The molecule has 0 aliphatic carbocycles. The van der Waals surface area contributed by atoms with Gasteiger partial charge in [0.05, 0.1) is 11.6 Å². The van der Waals surface area contributed by atoms with Crippen molar-refractivity contribution in [3.05, 3.63) is 27.7 Å². The van der Waals surface area contributed by atoms with Crippen molar-refractivity contribution in [3.8, 4) is 5.75 Å². The molecule has 1 atom stereocenters. The van der Waals surface area contributed by atoms with Crippen LogP contribution in [0, 0.1) is 12.8 Å². The normalized spacial score (nSPS) is 20.1. The zero-order valence-corrected chi connectivity index (χ0v) is 11.4. The van der Waals surface area contributed by atoms with Gasteiger partial charge >= 0.3 is 0 Å². The molecule has 1 heterocycles. The van der Waals surface area contributed by atoms with E-state index in [9.17, 15) is 0 Å². The molecule has 0 spiro atoms. The van der Waals surface area contributed by atoms with E-state index in [1.165, 1.54) is 17.5 Å². The lowest BCUT2D eigenvalue weighted by Gasteiger charge is -2.13. The van der Waals surface area contributed by atoms with Gasteiger partial charge in [-0.1, -0.05) is 6.07 Å². The standard InChI is InChI=1S/C13H18BrNO/c1-9-5-11(7-10-3-4-15-8-10)13(14)12(6-9)16-2/h5-6,10,15H,3-4,7-8H2,1-2H3. The number of benzene rings is 1. The molecule has 0 amide bonds. The van der Waals surface area contributed by atoms with Gasteiger partial charge in [0, 0.05) is 0 Å². The minimum Gasteiger partial charge on any atom is -0.496 e. The van der Waals surface area contributed by atoms with E-state index in [1.807, 2.05) is 0 Å². The van der Waals surface area contributed by atoms with Crippen molar-refractivity contribution in [2.75, 3.05) is 20.2 Å². The van der Waals surface area contributed by atoms with E-state index in [1.54, 1.807) is 7.11 Å². The average Bonchev–Trinajstić information content (AvgIpc) is 2.75. The number of nitrogens with one attached hydrogen (secondary N) is 1. The molecule has 3 heteroatoms. The molecule has 1 fully saturated rings. The Bertz CT molecular complexity index is 372. The van der Waals surface area contributed by atoms with Crippen molar-refractivity contribution >= 4 is 15.9 Å². The van der Waals surface area contributed by atoms with E-state index in [4.69, 9.17) is 4.74 Å². The third kappa shape index (κ3) is 2.58. The van der Waals surface area contributed by atoms with Gasteiger partial charge < -0.3 is 10.1 Å². The first-order chi connectivity index (χ1) is 7.70. The Hall–Kier alpha value is -0.540. The van der Waals surface area contributed by atoms with Gasteiger partial charge in [-0.25, -0.2) is 0 Å². The first kappa shape index (κ1) is 11.9. The molecule has 0 aromatic heterocycles. The number of ether oxygens (including phenoxy) is 1. The van der Waals surface area contributed by atoms with E-state index < -0.39 is 0 Å². The molecule has 88 valence electrons. The van der Waals surface area contributed by atoms with Gasteiger partial charge in [0.25, 0.3) is 0 Å². The molecule has 0 saturated carbocycles. The van der Waals surface area contributed by atoms with Crippen LogP contribution in [-0.2, 0) is 6.42 Å². The largest absolute Gasteiger partial charge is 0.496 e. The van der Waals surface area contributed by atoms with Gasteiger partial charge in [-0.3, -0.25) is 0 Å². The highest BCUT2D eigenvalue weighted by Gasteiger charge is 2.17. The van der Waals surface area contributed by atoms with Crippen molar-refractivity contribution in [3.63, 3.8) is 0 Å². The lowest BCUT2D eigenvalue weighted by molar-refractivity contribution is 0.410. The van der Waals surface area contributed by atoms with Crippen LogP contribution in [0.1, 0.15) is 17.5 Å². The highest BCUT2D eigenvalue weighted by molar-refractivity contribution is 9.10. The third-order valence-electron chi connectivity index (χ3n) is 3.15. The molecule has 1 aromatic rings. The van der Waals surface area contributed by atoms with E-state index in [0.717, 1.165) is 35.7 Å². The second-order valence-electron chi connectivity index (χ2n) is 4.50. The number of halogens is 1. The second-order valence-corrected chi connectivity index (χ2v) is 5.30. The first-order valence-electron chi connectivity index (χ1n) is 5.74. The van der Waals surface area contributed by atoms with Crippen LogP contribution < -0.4 is 10.1 Å². The fourth-order valence-electron chi connectivity index (χ4n) is 2.30. The highest BCUT2D eigenvalue weighted by Crippen LogP contribution is 2.32. The molecular formula is C13H18BrNO. The molecule has 16 heavy (non-hydrogen) atoms. The van der Waals surface area contributed by atoms with Crippen LogP contribution in [-0.4, -0.2) is 20.2 Å². The second kappa shape index (κ2) is 5.19. The van der Waals surface area contributed by atoms with E-state index in [2.05, 4.69) is 40.3 Å². The number of rotatable bonds is 3. The fraction of sp³-hybridized carbons (Fsp3) is 0.538. The monoisotopic (exact) mass is 283 g/mol. The summed E-state index contributed by atoms with van der Waals surface area (Å²) in [6.07, 6.45) is 2.41. The maximum absolute atomic E-state index is 5.37. The molecule has 2 rings (SSSR count). The summed E-state index contributed by atoms with van der Waals surface area (Å²) in [6, 6.07) is 4.32. The van der Waals surface area contributed by atoms with Gasteiger partial charge in [0.1, 0.15) is 5.75 Å². The van der Waals surface area contributed by atoms with Crippen molar-refractivity contribution in [2.45, 2.75) is 19.8 Å². The Labute approximate surface area is 106 Å². The van der Waals surface area contributed by atoms with Gasteiger partial charge in [-0.2, -0.15) is 0 Å². The lowest BCUT2D eigenvalue weighted by atomic mass is 9.97. The molecule has 0 bridgehead atoms.